The number of hydrogen-bond acceptors (Lipinski definition) is 3. The monoisotopic (exact) mass is 380 g/mol. The smallest absolute Gasteiger partial charge is 0.278 e. The number of hydrogen-bond donors (Lipinski definition) is 0. The molecule has 3 aliphatic rings. The van der Waals surface area contributed by atoms with Gasteiger partial charge >= 0.3 is 0 Å². The molecule has 2 amide bonds. The Morgan fingerprint density at radius 2 is 1.46 bits per heavy atom. The van der Waals surface area contributed by atoms with Crippen LogP contribution in [0.2, 0.25) is 0 Å². The van der Waals surface area contributed by atoms with Gasteiger partial charge in [-0.3, -0.25) is 14.5 Å². The van der Waals surface area contributed by atoms with E-state index >= 15 is 0 Å². The number of piperidine rings is 1. The summed E-state index contributed by atoms with van der Waals surface area (Å²) in [6.07, 6.45) is 6.48. The van der Waals surface area contributed by atoms with Gasteiger partial charge in [-0.25, -0.2) is 0 Å². The van der Waals surface area contributed by atoms with Crippen LogP contribution < -0.4 is 0 Å². The Balaban J connectivity index is 1.76. The van der Waals surface area contributed by atoms with Crippen molar-refractivity contribution in [3.8, 4) is 0 Å². The van der Waals surface area contributed by atoms with Crippen molar-refractivity contribution in [1.82, 2.24) is 9.80 Å². The number of rotatable bonds is 3. The van der Waals surface area contributed by atoms with Crippen molar-refractivity contribution >= 4 is 17.4 Å². The Bertz CT molecular complexity index is 779. The summed E-state index contributed by atoms with van der Waals surface area (Å²) in [4.78, 5) is 30.9. The Labute approximate surface area is 168 Å². The van der Waals surface area contributed by atoms with E-state index in [0.29, 0.717) is 23.1 Å². The number of likely N-dealkylation sites (tertiary alicyclic amines) is 1. The van der Waals surface area contributed by atoms with Gasteiger partial charge in [0.05, 0.1) is 5.57 Å². The third-order valence-electron chi connectivity index (χ3n) is 6.56. The summed E-state index contributed by atoms with van der Waals surface area (Å²) >= 11 is 0. The number of carbonyl (C=O) groups is 2. The van der Waals surface area contributed by atoms with Gasteiger partial charge in [0.2, 0.25) is 0 Å². The molecule has 0 radical (unpaired) electrons. The molecule has 4 rings (SSSR count). The van der Waals surface area contributed by atoms with Crippen LogP contribution in [0.4, 0.5) is 0 Å². The van der Waals surface area contributed by atoms with Crippen molar-refractivity contribution in [1.29, 1.82) is 0 Å². The van der Waals surface area contributed by atoms with Gasteiger partial charge in [-0.15, -0.1) is 0 Å². The molecule has 1 saturated carbocycles. The molecule has 2 fully saturated rings. The van der Waals surface area contributed by atoms with Gasteiger partial charge in [-0.2, -0.15) is 0 Å². The molecule has 0 aromatic heterocycles. The predicted molar refractivity (Wildman–Crippen MR) is 111 cm³/mol. The number of carbonyl (C=O) groups excluding carboxylic acids is 2. The van der Waals surface area contributed by atoms with Crippen LogP contribution >= 0.6 is 0 Å². The average Bonchev–Trinajstić information content (AvgIpc) is 2.93. The van der Waals surface area contributed by atoms with E-state index in [0.717, 1.165) is 49.9 Å². The van der Waals surface area contributed by atoms with Crippen molar-refractivity contribution in [3.63, 3.8) is 0 Å². The topological polar surface area (TPSA) is 40.6 Å². The van der Waals surface area contributed by atoms with E-state index in [9.17, 15) is 9.59 Å². The number of benzene rings is 1. The SMILES string of the molecule is Cc1ccc(C2=C(N3CC(C)CC(C)C3)C(=O)N(C3CCCCC3)C2=O)cc1. The highest BCUT2D eigenvalue weighted by atomic mass is 16.2. The molecule has 4 heteroatoms. The minimum Gasteiger partial charge on any atom is -0.366 e. The first-order valence-electron chi connectivity index (χ1n) is 10.9. The maximum absolute atomic E-state index is 13.6. The van der Waals surface area contributed by atoms with Gasteiger partial charge < -0.3 is 4.90 Å². The molecule has 150 valence electrons. The van der Waals surface area contributed by atoms with Crippen molar-refractivity contribution in [2.45, 2.75) is 65.3 Å². The van der Waals surface area contributed by atoms with E-state index in [-0.39, 0.29) is 17.9 Å². The molecule has 2 heterocycles. The molecule has 0 N–H and O–H groups in total. The molecule has 28 heavy (non-hydrogen) atoms. The fraction of sp³-hybridized carbons (Fsp3) is 0.583. The van der Waals surface area contributed by atoms with Gasteiger partial charge in [0.1, 0.15) is 5.70 Å². The van der Waals surface area contributed by atoms with Gasteiger partial charge in [0, 0.05) is 19.1 Å². The van der Waals surface area contributed by atoms with E-state index in [1.54, 1.807) is 4.90 Å². The lowest BCUT2D eigenvalue weighted by Gasteiger charge is -2.37. The van der Waals surface area contributed by atoms with Crippen LogP contribution in [-0.4, -0.2) is 40.7 Å². The van der Waals surface area contributed by atoms with Crippen molar-refractivity contribution in [2.24, 2.45) is 11.8 Å². The van der Waals surface area contributed by atoms with Crippen LogP contribution in [0.25, 0.3) is 5.57 Å². The summed E-state index contributed by atoms with van der Waals surface area (Å²) in [5, 5.41) is 0. The second-order valence-corrected chi connectivity index (χ2v) is 9.21. The summed E-state index contributed by atoms with van der Waals surface area (Å²) in [7, 11) is 0. The number of imide groups is 1. The molecule has 1 aromatic rings. The highest BCUT2D eigenvalue weighted by molar-refractivity contribution is 6.35. The number of nitrogens with zero attached hydrogens (tertiary/aromatic N) is 2. The van der Waals surface area contributed by atoms with Gasteiger partial charge in [-0.1, -0.05) is 62.9 Å². The van der Waals surface area contributed by atoms with Crippen LogP contribution in [0.15, 0.2) is 30.0 Å². The van der Waals surface area contributed by atoms with E-state index in [2.05, 4.69) is 18.7 Å². The normalized spacial score (nSPS) is 27.1. The molecular weight excluding hydrogens is 348 g/mol. The van der Waals surface area contributed by atoms with Gasteiger partial charge in [0.15, 0.2) is 0 Å². The Hall–Kier alpha value is -2.10. The van der Waals surface area contributed by atoms with Crippen molar-refractivity contribution in [2.75, 3.05) is 13.1 Å². The number of amides is 2. The molecule has 1 aromatic carbocycles. The highest BCUT2D eigenvalue weighted by Gasteiger charge is 2.45. The molecule has 2 unspecified atom stereocenters. The summed E-state index contributed by atoms with van der Waals surface area (Å²) in [5.74, 6) is 0.916. The average molecular weight is 381 g/mol. The second kappa shape index (κ2) is 7.73. The standard InChI is InChI=1S/C24H32N2O2/c1-16-9-11-19(12-10-16)21-22(25-14-17(2)13-18(3)15-25)24(28)26(23(21)27)20-7-5-4-6-8-20/h9-12,17-18,20H,4-8,13-15H2,1-3H3. The molecule has 2 atom stereocenters. The van der Waals surface area contributed by atoms with Crippen molar-refractivity contribution < 1.29 is 9.59 Å². The summed E-state index contributed by atoms with van der Waals surface area (Å²) in [6, 6.07) is 8.12. The lowest BCUT2D eigenvalue weighted by atomic mass is 9.91. The van der Waals surface area contributed by atoms with E-state index in [1.807, 2.05) is 31.2 Å². The molecule has 2 aliphatic heterocycles. The quantitative estimate of drug-likeness (QED) is 0.731. The van der Waals surface area contributed by atoms with E-state index in [4.69, 9.17) is 0 Å². The maximum atomic E-state index is 13.6. The minimum absolute atomic E-state index is 0.0613. The molecule has 1 saturated heterocycles. The van der Waals surface area contributed by atoms with Gasteiger partial charge in [-0.05, 0) is 43.6 Å². The zero-order chi connectivity index (χ0) is 19.8. The Morgan fingerprint density at radius 1 is 0.857 bits per heavy atom. The summed E-state index contributed by atoms with van der Waals surface area (Å²) < 4.78 is 0. The molecular formula is C24H32N2O2. The third-order valence-corrected chi connectivity index (χ3v) is 6.56. The van der Waals surface area contributed by atoms with Gasteiger partial charge in [0.25, 0.3) is 11.8 Å². The maximum Gasteiger partial charge on any atom is 0.278 e. The Kier molecular flexibility index (Phi) is 5.31. The first-order chi connectivity index (χ1) is 13.5. The molecule has 0 spiro atoms. The highest BCUT2D eigenvalue weighted by Crippen LogP contribution is 2.38. The summed E-state index contributed by atoms with van der Waals surface area (Å²) in [5.41, 5.74) is 3.31. The largest absolute Gasteiger partial charge is 0.366 e. The van der Waals surface area contributed by atoms with Crippen LogP contribution in [0.3, 0.4) is 0 Å². The lowest BCUT2D eigenvalue weighted by Crippen LogP contribution is -2.45. The van der Waals surface area contributed by atoms with Crippen LogP contribution in [0, 0.1) is 18.8 Å². The molecule has 1 aliphatic carbocycles. The Morgan fingerprint density at radius 3 is 2.07 bits per heavy atom. The summed E-state index contributed by atoms with van der Waals surface area (Å²) in [6.45, 7) is 8.24. The predicted octanol–water partition coefficient (Wildman–Crippen LogP) is 4.39. The third kappa shape index (κ3) is 3.49. The fourth-order valence-corrected chi connectivity index (χ4v) is 5.33. The van der Waals surface area contributed by atoms with Crippen molar-refractivity contribution in [3.05, 3.63) is 41.1 Å². The van der Waals surface area contributed by atoms with E-state index < -0.39 is 0 Å². The molecule has 4 nitrogen and oxygen atoms in total. The minimum atomic E-state index is -0.0818. The first kappa shape index (κ1) is 19.2. The fourth-order valence-electron chi connectivity index (χ4n) is 5.33. The number of aryl methyl sites for hydroxylation is 1. The zero-order valence-corrected chi connectivity index (χ0v) is 17.4. The lowest BCUT2D eigenvalue weighted by molar-refractivity contribution is -0.141. The zero-order valence-electron chi connectivity index (χ0n) is 17.4. The second-order valence-electron chi connectivity index (χ2n) is 9.21. The van der Waals surface area contributed by atoms with E-state index in [1.165, 1.54) is 12.8 Å². The van der Waals surface area contributed by atoms with Crippen LogP contribution in [0.5, 0.6) is 0 Å². The van der Waals surface area contributed by atoms with Crippen LogP contribution in [0.1, 0.15) is 63.5 Å². The first-order valence-corrected chi connectivity index (χ1v) is 10.9. The molecule has 0 bridgehead atoms. The van der Waals surface area contributed by atoms with Crippen LogP contribution in [-0.2, 0) is 9.59 Å².